The van der Waals surface area contributed by atoms with Crippen LogP contribution in [0.4, 0.5) is 4.39 Å². The monoisotopic (exact) mass is 359 g/mol. The van der Waals surface area contributed by atoms with Crippen molar-refractivity contribution in [1.29, 1.82) is 0 Å². The first-order valence-corrected chi connectivity index (χ1v) is 8.63. The molecule has 1 aromatic heterocycles. The molecule has 1 amide bonds. The zero-order chi connectivity index (χ0) is 18.4. The van der Waals surface area contributed by atoms with Crippen LogP contribution in [-0.4, -0.2) is 59.3 Å². The molecule has 1 aliphatic heterocycles. The summed E-state index contributed by atoms with van der Waals surface area (Å²) in [5, 5.41) is 13.0. The van der Waals surface area contributed by atoms with Gasteiger partial charge in [-0.05, 0) is 30.7 Å². The number of rotatable bonds is 7. The van der Waals surface area contributed by atoms with E-state index in [1.807, 2.05) is 0 Å². The molecule has 3 rings (SSSR count). The number of benzene rings is 1. The van der Waals surface area contributed by atoms with Crippen LogP contribution in [0.25, 0.3) is 0 Å². The maximum Gasteiger partial charge on any atom is 0.270 e. The van der Waals surface area contributed by atoms with E-state index in [1.54, 1.807) is 42.6 Å². The first-order chi connectivity index (χ1) is 12.6. The Hall–Kier alpha value is -2.51. The number of hydrogen-bond donors (Lipinski definition) is 2. The number of aromatic nitrogens is 1. The minimum Gasteiger partial charge on any atom is -0.490 e. The summed E-state index contributed by atoms with van der Waals surface area (Å²) in [6.45, 7) is 2.12. The van der Waals surface area contributed by atoms with Gasteiger partial charge in [0.1, 0.15) is 5.69 Å². The normalized spacial score (nSPS) is 20.1. The number of amides is 1. The Morgan fingerprint density at radius 2 is 2.08 bits per heavy atom. The van der Waals surface area contributed by atoms with Gasteiger partial charge >= 0.3 is 0 Å². The van der Waals surface area contributed by atoms with E-state index >= 15 is 0 Å². The van der Waals surface area contributed by atoms with Gasteiger partial charge in [-0.25, -0.2) is 4.39 Å². The first kappa shape index (κ1) is 18.3. The van der Waals surface area contributed by atoms with Gasteiger partial charge in [-0.3, -0.25) is 14.7 Å². The fourth-order valence-corrected chi connectivity index (χ4v) is 2.96. The highest BCUT2D eigenvalue weighted by Crippen LogP contribution is 2.16. The smallest absolute Gasteiger partial charge is 0.270 e. The largest absolute Gasteiger partial charge is 0.490 e. The second kappa shape index (κ2) is 8.73. The SMILES string of the molecule is O=C(N[C@@H]1CN(CCCOc2ccccc2F)C[C@H]1O)c1ccccn1. The molecule has 2 aromatic rings. The summed E-state index contributed by atoms with van der Waals surface area (Å²) >= 11 is 0. The number of hydrogen-bond acceptors (Lipinski definition) is 5. The number of halogens is 1. The van der Waals surface area contributed by atoms with Crippen molar-refractivity contribution in [3.8, 4) is 5.75 Å². The van der Waals surface area contributed by atoms with Crippen molar-refractivity contribution >= 4 is 5.91 Å². The van der Waals surface area contributed by atoms with Crippen LogP contribution in [0.3, 0.4) is 0 Å². The second-order valence-corrected chi connectivity index (χ2v) is 6.25. The van der Waals surface area contributed by atoms with Crippen LogP contribution >= 0.6 is 0 Å². The van der Waals surface area contributed by atoms with Gasteiger partial charge in [0, 0.05) is 25.8 Å². The number of aliphatic hydroxyl groups is 1. The van der Waals surface area contributed by atoms with Gasteiger partial charge in [0.15, 0.2) is 11.6 Å². The molecule has 2 atom stereocenters. The summed E-state index contributed by atoms with van der Waals surface area (Å²) in [6, 6.07) is 11.1. The Kier molecular flexibility index (Phi) is 6.14. The van der Waals surface area contributed by atoms with Crippen LogP contribution in [0.5, 0.6) is 5.75 Å². The molecule has 1 aliphatic rings. The minimum atomic E-state index is -0.629. The maximum absolute atomic E-state index is 13.5. The maximum atomic E-state index is 13.5. The molecule has 0 unspecified atom stereocenters. The van der Waals surface area contributed by atoms with Crippen molar-refractivity contribution in [2.45, 2.75) is 18.6 Å². The summed E-state index contributed by atoms with van der Waals surface area (Å²) in [5.74, 6) is -0.421. The number of nitrogens with zero attached hydrogens (tertiary/aromatic N) is 2. The highest BCUT2D eigenvalue weighted by atomic mass is 19.1. The standard InChI is InChI=1S/C19H22FN3O3/c20-14-6-1-2-8-18(14)26-11-5-10-23-12-16(17(24)13-23)22-19(25)15-7-3-4-9-21-15/h1-4,6-9,16-17,24H,5,10-13H2,(H,22,25)/t16-,17-/m1/s1. The number of β-amino-alcohol motifs (C(OH)–C–C–N with tert-alkyl or cyclic N) is 1. The van der Waals surface area contributed by atoms with Crippen molar-refractivity contribution in [3.05, 3.63) is 60.2 Å². The molecule has 7 heteroatoms. The number of carbonyl (C=O) groups is 1. The van der Waals surface area contributed by atoms with E-state index in [1.165, 1.54) is 6.07 Å². The average Bonchev–Trinajstić information content (AvgIpc) is 3.00. The minimum absolute atomic E-state index is 0.245. The molecular weight excluding hydrogens is 337 g/mol. The number of likely N-dealkylation sites (tertiary alicyclic amines) is 1. The fourth-order valence-electron chi connectivity index (χ4n) is 2.96. The van der Waals surface area contributed by atoms with E-state index in [4.69, 9.17) is 4.74 Å². The van der Waals surface area contributed by atoms with Crippen molar-refractivity contribution < 1.29 is 19.0 Å². The van der Waals surface area contributed by atoms with Gasteiger partial charge in [0.05, 0.1) is 18.8 Å². The molecular formula is C19H22FN3O3. The lowest BCUT2D eigenvalue weighted by Gasteiger charge is -2.16. The van der Waals surface area contributed by atoms with Crippen LogP contribution in [0.15, 0.2) is 48.7 Å². The molecule has 2 N–H and O–H groups in total. The number of ether oxygens (including phenoxy) is 1. The number of nitrogens with one attached hydrogen (secondary N) is 1. The number of para-hydroxylation sites is 1. The van der Waals surface area contributed by atoms with Gasteiger partial charge < -0.3 is 15.2 Å². The van der Waals surface area contributed by atoms with E-state index in [0.717, 1.165) is 0 Å². The molecule has 0 spiro atoms. The van der Waals surface area contributed by atoms with E-state index in [9.17, 15) is 14.3 Å². The summed E-state index contributed by atoms with van der Waals surface area (Å²) in [6.07, 6.45) is 1.62. The van der Waals surface area contributed by atoms with Gasteiger partial charge in [-0.1, -0.05) is 18.2 Å². The zero-order valence-electron chi connectivity index (χ0n) is 14.3. The summed E-state index contributed by atoms with van der Waals surface area (Å²) < 4.78 is 18.9. The van der Waals surface area contributed by atoms with Crippen LogP contribution in [-0.2, 0) is 0 Å². The molecule has 2 heterocycles. The Balaban J connectivity index is 1.41. The Bertz CT molecular complexity index is 729. The Morgan fingerprint density at radius 3 is 2.85 bits per heavy atom. The van der Waals surface area contributed by atoms with Gasteiger partial charge in [0.25, 0.3) is 5.91 Å². The van der Waals surface area contributed by atoms with Crippen molar-refractivity contribution in [1.82, 2.24) is 15.2 Å². The van der Waals surface area contributed by atoms with E-state index < -0.39 is 6.10 Å². The third-order valence-corrected chi connectivity index (χ3v) is 4.29. The molecule has 1 saturated heterocycles. The molecule has 0 saturated carbocycles. The van der Waals surface area contributed by atoms with Crippen molar-refractivity contribution in [2.75, 3.05) is 26.2 Å². The summed E-state index contributed by atoms with van der Waals surface area (Å²) in [7, 11) is 0. The van der Waals surface area contributed by atoms with Crippen LogP contribution in [0.2, 0.25) is 0 Å². The van der Waals surface area contributed by atoms with Crippen LogP contribution < -0.4 is 10.1 Å². The molecule has 1 fully saturated rings. The summed E-state index contributed by atoms with van der Waals surface area (Å²) in [4.78, 5) is 18.2. The first-order valence-electron chi connectivity index (χ1n) is 8.63. The van der Waals surface area contributed by atoms with Crippen molar-refractivity contribution in [2.24, 2.45) is 0 Å². The topological polar surface area (TPSA) is 74.7 Å². The van der Waals surface area contributed by atoms with Crippen LogP contribution in [0, 0.1) is 5.82 Å². The molecule has 1 aromatic carbocycles. The summed E-state index contributed by atoms with van der Waals surface area (Å²) in [5.41, 5.74) is 0.330. The third-order valence-electron chi connectivity index (χ3n) is 4.29. The molecule has 26 heavy (non-hydrogen) atoms. The molecule has 0 bridgehead atoms. The quantitative estimate of drug-likeness (QED) is 0.732. The predicted octanol–water partition coefficient (Wildman–Crippen LogP) is 1.46. The number of aliphatic hydroxyl groups excluding tert-OH is 1. The van der Waals surface area contributed by atoms with Gasteiger partial charge in [-0.2, -0.15) is 0 Å². The van der Waals surface area contributed by atoms with Crippen molar-refractivity contribution in [3.63, 3.8) is 0 Å². The number of pyridine rings is 1. The lowest BCUT2D eigenvalue weighted by Crippen LogP contribution is -2.43. The molecule has 0 aliphatic carbocycles. The zero-order valence-corrected chi connectivity index (χ0v) is 14.3. The molecule has 6 nitrogen and oxygen atoms in total. The Morgan fingerprint density at radius 1 is 1.27 bits per heavy atom. The van der Waals surface area contributed by atoms with E-state index in [-0.39, 0.29) is 23.5 Å². The van der Waals surface area contributed by atoms with E-state index in [2.05, 4.69) is 15.2 Å². The number of carbonyl (C=O) groups excluding carboxylic acids is 1. The van der Waals surface area contributed by atoms with E-state index in [0.29, 0.717) is 38.4 Å². The lowest BCUT2D eigenvalue weighted by molar-refractivity contribution is 0.0883. The highest BCUT2D eigenvalue weighted by Gasteiger charge is 2.32. The third kappa shape index (κ3) is 4.77. The molecule has 0 radical (unpaired) electrons. The van der Waals surface area contributed by atoms with Gasteiger partial charge in [0.2, 0.25) is 0 Å². The van der Waals surface area contributed by atoms with Gasteiger partial charge in [-0.15, -0.1) is 0 Å². The predicted molar refractivity (Wildman–Crippen MR) is 94.5 cm³/mol. The molecule has 138 valence electrons. The lowest BCUT2D eigenvalue weighted by atomic mass is 10.2. The highest BCUT2D eigenvalue weighted by molar-refractivity contribution is 5.92. The average molecular weight is 359 g/mol. The second-order valence-electron chi connectivity index (χ2n) is 6.25. The Labute approximate surface area is 151 Å². The fraction of sp³-hybridized carbons (Fsp3) is 0.368. The van der Waals surface area contributed by atoms with Crippen LogP contribution in [0.1, 0.15) is 16.9 Å².